The number of Topliss-reactive ketones (excluding diaryl/α,β-unsaturated/α-hetero) is 1. The van der Waals surface area contributed by atoms with Crippen LogP contribution in [0.15, 0.2) is 18.2 Å². The Morgan fingerprint density at radius 1 is 1.22 bits per heavy atom. The second-order valence-corrected chi connectivity index (χ2v) is 5.99. The number of benzene rings is 1. The van der Waals surface area contributed by atoms with Gasteiger partial charge in [0.05, 0.1) is 0 Å². The Kier molecular flexibility index (Phi) is 7.89. The first kappa shape index (κ1) is 19.3. The molecule has 23 heavy (non-hydrogen) atoms. The van der Waals surface area contributed by atoms with Crippen LogP contribution in [0.4, 0.5) is 4.39 Å². The number of carbonyl (C=O) groups excluding carboxylic acids is 1. The predicted molar refractivity (Wildman–Crippen MR) is 87.7 cm³/mol. The van der Waals surface area contributed by atoms with Gasteiger partial charge in [0, 0.05) is 12.3 Å². The third kappa shape index (κ3) is 6.10. The lowest BCUT2D eigenvalue weighted by Crippen LogP contribution is -2.32. The zero-order valence-corrected chi connectivity index (χ0v) is 13.8. The third-order valence-electron chi connectivity index (χ3n) is 3.98. The first-order valence-corrected chi connectivity index (χ1v) is 8.17. The zero-order valence-electron chi connectivity index (χ0n) is 13.8. The molecule has 0 aliphatic carbocycles. The second-order valence-electron chi connectivity index (χ2n) is 5.99. The third-order valence-corrected chi connectivity index (χ3v) is 3.98. The molecule has 0 aromatic heterocycles. The van der Waals surface area contributed by atoms with Crippen LogP contribution in [0.3, 0.4) is 0 Å². The van der Waals surface area contributed by atoms with Gasteiger partial charge in [-0.25, -0.2) is 4.39 Å². The SMILES string of the molecule is CCCC(CCC)C(=O)Cc1cc(C[C@H](N)C(=O)O)ccc1F. The number of halogens is 1. The van der Waals surface area contributed by atoms with Crippen molar-refractivity contribution in [3.8, 4) is 0 Å². The summed E-state index contributed by atoms with van der Waals surface area (Å²) in [5.41, 5.74) is 6.46. The summed E-state index contributed by atoms with van der Waals surface area (Å²) in [6, 6.07) is 3.32. The minimum atomic E-state index is -1.10. The van der Waals surface area contributed by atoms with Crippen LogP contribution in [-0.4, -0.2) is 22.9 Å². The molecule has 0 saturated carbocycles. The first-order chi connectivity index (χ1) is 10.9. The molecule has 0 bridgehead atoms. The highest BCUT2D eigenvalue weighted by Crippen LogP contribution is 2.20. The number of ketones is 1. The Bertz CT molecular complexity index is 539. The average Bonchev–Trinajstić information content (AvgIpc) is 2.50. The van der Waals surface area contributed by atoms with Gasteiger partial charge in [0.1, 0.15) is 17.6 Å². The molecule has 3 N–H and O–H groups in total. The minimum Gasteiger partial charge on any atom is -0.480 e. The standard InChI is InChI=1S/C18H26FNO3/c1-3-5-13(6-4-2)17(21)11-14-9-12(7-8-15(14)19)10-16(20)18(22)23/h7-9,13,16H,3-6,10-11,20H2,1-2H3,(H,22,23)/t16-/m0/s1. The van der Waals surface area contributed by atoms with Gasteiger partial charge in [-0.1, -0.05) is 38.8 Å². The van der Waals surface area contributed by atoms with Gasteiger partial charge >= 0.3 is 5.97 Å². The number of carboxylic acid groups (broad SMARTS) is 1. The van der Waals surface area contributed by atoms with E-state index < -0.39 is 17.8 Å². The Labute approximate surface area is 136 Å². The van der Waals surface area contributed by atoms with E-state index in [1.165, 1.54) is 12.1 Å². The van der Waals surface area contributed by atoms with E-state index >= 15 is 0 Å². The summed E-state index contributed by atoms with van der Waals surface area (Å²) in [5, 5.41) is 8.85. The van der Waals surface area contributed by atoms with Crippen molar-refractivity contribution < 1.29 is 19.1 Å². The van der Waals surface area contributed by atoms with Crippen LogP contribution in [-0.2, 0) is 22.4 Å². The topological polar surface area (TPSA) is 80.4 Å². The fraction of sp³-hybridized carbons (Fsp3) is 0.556. The largest absolute Gasteiger partial charge is 0.480 e. The van der Waals surface area contributed by atoms with Crippen molar-refractivity contribution >= 4 is 11.8 Å². The Hall–Kier alpha value is -1.75. The number of aliphatic carboxylic acids is 1. The number of carbonyl (C=O) groups is 2. The van der Waals surface area contributed by atoms with Gasteiger partial charge < -0.3 is 10.8 Å². The maximum Gasteiger partial charge on any atom is 0.320 e. The summed E-state index contributed by atoms with van der Waals surface area (Å²) >= 11 is 0. The van der Waals surface area contributed by atoms with Crippen LogP contribution in [0, 0.1) is 11.7 Å². The van der Waals surface area contributed by atoms with E-state index in [1.54, 1.807) is 6.07 Å². The molecule has 0 saturated heterocycles. The van der Waals surface area contributed by atoms with Crippen LogP contribution >= 0.6 is 0 Å². The van der Waals surface area contributed by atoms with E-state index in [9.17, 15) is 14.0 Å². The Balaban J connectivity index is 2.86. The van der Waals surface area contributed by atoms with E-state index in [4.69, 9.17) is 10.8 Å². The molecular weight excluding hydrogens is 297 g/mol. The van der Waals surface area contributed by atoms with Crippen molar-refractivity contribution in [2.24, 2.45) is 11.7 Å². The molecule has 5 heteroatoms. The summed E-state index contributed by atoms with van der Waals surface area (Å²) in [6.07, 6.45) is 3.64. The van der Waals surface area contributed by atoms with Crippen molar-refractivity contribution in [3.05, 3.63) is 35.1 Å². The first-order valence-electron chi connectivity index (χ1n) is 8.17. The summed E-state index contributed by atoms with van der Waals surface area (Å²) < 4.78 is 14.0. The van der Waals surface area contributed by atoms with Gasteiger partial charge in [-0.05, 0) is 36.5 Å². The fourth-order valence-electron chi connectivity index (χ4n) is 2.73. The van der Waals surface area contributed by atoms with Gasteiger partial charge in [0.2, 0.25) is 0 Å². The second kappa shape index (κ2) is 9.40. The zero-order chi connectivity index (χ0) is 17.4. The van der Waals surface area contributed by atoms with Crippen LogP contribution in [0.1, 0.15) is 50.7 Å². The van der Waals surface area contributed by atoms with E-state index in [0.29, 0.717) is 11.1 Å². The van der Waals surface area contributed by atoms with Crippen LogP contribution in [0.2, 0.25) is 0 Å². The molecule has 1 atom stereocenters. The minimum absolute atomic E-state index is 0.0330. The quantitative estimate of drug-likeness (QED) is 0.693. The highest BCUT2D eigenvalue weighted by Gasteiger charge is 2.19. The molecule has 0 radical (unpaired) electrons. The molecule has 0 heterocycles. The number of rotatable bonds is 10. The van der Waals surface area contributed by atoms with E-state index in [0.717, 1.165) is 25.7 Å². The lowest BCUT2D eigenvalue weighted by Gasteiger charge is -2.15. The lowest BCUT2D eigenvalue weighted by atomic mass is 9.89. The number of nitrogens with two attached hydrogens (primary N) is 1. The molecule has 0 spiro atoms. The van der Waals surface area contributed by atoms with Gasteiger partial charge in [-0.2, -0.15) is 0 Å². The van der Waals surface area contributed by atoms with Crippen LogP contribution < -0.4 is 5.73 Å². The molecule has 128 valence electrons. The summed E-state index contributed by atoms with van der Waals surface area (Å²) in [6.45, 7) is 4.06. The summed E-state index contributed by atoms with van der Waals surface area (Å²) in [4.78, 5) is 23.2. The summed E-state index contributed by atoms with van der Waals surface area (Å²) in [5.74, 6) is -1.52. The van der Waals surface area contributed by atoms with Gasteiger partial charge in [-0.3, -0.25) is 9.59 Å². The van der Waals surface area contributed by atoms with Gasteiger partial charge in [0.15, 0.2) is 0 Å². The Morgan fingerprint density at radius 2 is 1.83 bits per heavy atom. The number of hydrogen-bond acceptors (Lipinski definition) is 3. The molecule has 0 unspecified atom stereocenters. The van der Waals surface area contributed by atoms with Crippen molar-refractivity contribution in [1.29, 1.82) is 0 Å². The highest BCUT2D eigenvalue weighted by atomic mass is 19.1. The molecule has 0 fully saturated rings. The predicted octanol–water partition coefficient (Wildman–Crippen LogP) is 3.11. The molecule has 0 aliphatic rings. The monoisotopic (exact) mass is 323 g/mol. The molecule has 1 aromatic carbocycles. The maximum absolute atomic E-state index is 14.0. The maximum atomic E-state index is 14.0. The molecule has 1 rings (SSSR count). The van der Waals surface area contributed by atoms with E-state index in [-0.39, 0.29) is 24.5 Å². The lowest BCUT2D eigenvalue weighted by molar-refractivity contribution is -0.138. The summed E-state index contributed by atoms with van der Waals surface area (Å²) in [7, 11) is 0. The smallest absolute Gasteiger partial charge is 0.320 e. The molecule has 4 nitrogen and oxygen atoms in total. The Morgan fingerprint density at radius 3 is 2.35 bits per heavy atom. The average molecular weight is 323 g/mol. The van der Waals surface area contributed by atoms with E-state index in [1.807, 2.05) is 13.8 Å². The van der Waals surface area contributed by atoms with Crippen molar-refractivity contribution in [2.75, 3.05) is 0 Å². The normalized spacial score (nSPS) is 12.4. The van der Waals surface area contributed by atoms with Crippen molar-refractivity contribution in [2.45, 2.75) is 58.4 Å². The molecule has 0 aliphatic heterocycles. The van der Waals surface area contributed by atoms with Crippen molar-refractivity contribution in [3.63, 3.8) is 0 Å². The molecule has 0 amide bonds. The van der Waals surface area contributed by atoms with E-state index in [2.05, 4.69) is 0 Å². The van der Waals surface area contributed by atoms with Gasteiger partial charge in [0.25, 0.3) is 0 Å². The van der Waals surface area contributed by atoms with Gasteiger partial charge in [-0.15, -0.1) is 0 Å². The highest BCUT2D eigenvalue weighted by molar-refractivity contribution is 5.83. The molecule has 1 aromatic rings. The number of hydrogen-bond donors (Lipinski definition) is 2. The fourth-order valence-corrected chi connectivity index (χ4v) is 2.73. The van der Waals surface area contributed by atoms with Crippen molar-refractivity contribution in [1.82, 2.24) is 0 Å². The molecular formula is C18H26FNO3. The number of carboxylic acids is 1. The van der Waals surface area contributed by atoms with Crippen LogP contribution in [0.25, 0.3) is 0 Å². The van der Waals surface area contributed by atoms with Crippen LogP contribution in [0.5, 0.6) is 0 Å².